The van der Waals surface area contributed by atoms with Gasteiger partial charge in [-0.05, 0) is 25.5 Å². The summed E-state index contributed by atoms with van der Waals surface area (Å²) < 4.78 is 0. The van der Waals surface area contributed by atoms with Gasteiger partial charge >= 0.3 is 0 Å². The largest absolute Gasteiger partial charge is 0.304 e. The first-order valence-electron chi connectivity index (χ1n) is 5.01. The van der Waals surface area contributed by atoms with Crippen LogP contribution in [0.3, 0.4) is 0 Å². The number of aromatic amines is 1. The molecule has 0 spiro atoms. The van der Waals surface area contributed by atoms with Crippen molar-refractivity contribution in [3.8, 4) is 0 Å². The highest BCUT2D eigenvalue weighted by atomic mass is 16.1. The first-order valence-corrected chi connectivity index (χ1v) is 5.01. The molecule has 2 heterocycles. The minimum atomic E-state index is -0.175. The van der Waals surface area contributed by atoms with Crippen LogP contribution in [0.25, 0.3) is 11.2 Å². The molecule has 15 heavy (non-hydrogen) atoms. The van der Waals surface area contributed by atoms with E-state index in [0.29, 0.717) is 11.3 Å². The second kappa shape index (κ2) is 4.68. The van der Waals surface area contributed by atoms with Crippen molar-refractivity contribution in [2.24, 2.45) is 0 Å². The zero-order valence-corrected chi connectivity index (χ0v) is 9.46. The summed E-state index contributed by atoms with van der Waals surface area (Å²) in [5.41, 5.74) is 2.63. The fourth-order valence-corrected chi connectivity index (χ4v) is 1.20. The third-order valence-corrected chi connectivity index (χ3v) is 1.97. The standard InChI is InChI=1S/C9H9N3O.C2H6/c1-5-3-4-10-8-7(5)11-6(2)9(13)12-8;1-2/h3-4H,1-2H3,(H,10,12,13);1-2H3. The van der Waals surface area contributed by atoms with Crippen LogP contribution in [0.15, 0.2) is 17.1 Å². The summed E-state index contributed by atoms with van der Waals surface area (Å²) in [5, 5.41) is 0. The normalized spacial score (nSPS) is 9.60. The van der Waals surface area contributed by atoms with E-state index in [1.807, 2.05) is 26.8 Å². The van der Waals surface area contributed by atoms with Gasteiger partial charge in [0.2, 0.25) is 0 Å². The van der Waals surface area contributed by atoms with Crippen molar-refractivity contribution >= 4 is 11.2 Å². The Balaban J connectivity index is 0.000000531. The molecular formula is C11H15N3O. The van der Waals surface area contributed by atoms with E-state index in [1.54, 1.807) is 13.1 Å². The smallest absolute Gasteiger partial charge is 0.270 e. The predicted octanol–water partition coefficient (Wildman–Crippen LogP) is 1.96. The molecule has 0 saturated heterocycles. The van der Waals surface area contributed by atoms with Gasteiger partial charge < -0.3 is 4.98 Å². The van der Waals surface area contributed by atoms with Gasteiger partial charge in [-0.3, -0.25) is 4.79 Å². The van der Waals surface area contributed by atoms with Gasteiger partial charge in [0.05, 0.1) is 0 Å². The molecule has 0 amide bonds. The Bertz CT molecular complexity index is 517. The molecular weight excluding hydrogens is 190 g/mol. The number of rotatable bonds is 0. The second-order valence-corrected chi connectivity index (χ2v) is 2.98. The van der Waals surface area contributed by atoms with E-state index >= 15 is 0 Å². The molecule has 0 aliphatic carbocycles. The van der Waals surface area contributed by atoms with E-state index < -0.39 is 0 Å². The lowest BCUT2D eigenvalue weighted by Crippen LogP contribution is -2.12. The van der Waals surface area contributed by atoms with Crippen molar-refractivity contribution in [1.82, 2.24) is 15.0 Å². The highest BCUT2D eigenvalue weighted by Gasteiger charge is 2.02. The highest BCUT2D eigenvalue weighted by molar-refractivity contribution is 5.72. The van der Waals surface area contributed by atoms with E-state index in [2.05, 4.69) is 15.0 Å². The van der Waals surface area contributed by atoms with Crippen molar-refractivity contribution < 1.29 is 0 Å². The van der Waals surface area contributed by atoms with E-state index in [4.69, 9.17) is 0 Å². The van der Waals surface area contributed by atoms with Crippen LogP contribution in [-0.2, 0) is 0 Å². The van der Waals surface area contributed by atoms with Crippen LogP contribution in [0.5, 0.6) is 0 Å². The molecule has 0 fully saturated rings. The molecule has 0 unspecified atom stereocenters. The van der Waals surface area contributed by atoms with E-state index in [0.717, 1.165) is 11.1 Å². The Morgan fingerprint density at radius 3 is 2.60 bits per heavy atom. The van der Waals surface area contributed by atoms with Crippen molar-refractivity contribution in [1.29, 1.82) is 0 Å². The highest BCUT2D eigenvalue weighted by Crippen LogP contribution is 2.08. The Labute approximate surface area is 88.4 Å². The van der Waals surface area contributed by atoms with Crippen LogP contribution in [0.4, 0.5) is 0 Å². The topological polar surface area (TPSA) is 58.6 Å². The summed E-state index contributed by atoms with van der Waals surface area (Å²) in [6.45, 7) is 7.62. The van der Waals surface area contributed by atoms with Crippen molar-refractivity contribution in [2.45, 2.75) is 27.7 Å². The number of hydrogen-bond acceptors (Lipinski definition) is 3. The maximum atomic E-state index is 11.2. The van der Waals surface area contributed by atoms with Gasteiger partial charge in [-0.25, -0.2) is 9.97 Å². The van der Waals surface area contributed by atoms with Crippen LogP contribution >= 0.6 is 0 Å². The average Bonchev–Trinajstić information content (AvgIpc) is 2.24. The Morgan fingerprint density at radius 1 is 1.27 bits per heavy atom. The fourth-order valence-electron chi connectivity index (χ4n) is 1.20. The zero-order chi connectivity index (χ0) is 11.4. The number of nitrogens with one attached hydrogen (secondary N) is 1. The maximum Gasteiger partial charge on any atom is 0.270 e. The van der Waals surface area contributed by atoms with Gasteiger partial charge in [-0.1, -0.05) is 13.8 Å². The van der Waals surface area contributed by atoms with Crippen molar-refractivity contribution in [2.75, 3.05) is 0 Å². The van der Waals surface area contributed by atoms with Gasteiger partial charge in [0.1, 0.15) is 11.2 Å². The molecule has 0 aromatic carbocycles. The van der Waals surface area contributed by atoms with Crippen LogP contribution in [0, 0.1) is 13.8 Å². The van der Waals surface area contributed by atoms with Crippen molar-refractivity contribution in [3.05, 3.63) is 33.9 Å². The van der Waals surface area contributed by atoms with Crippen molar-refractivity contribution in [3.63, 3.8) is 0 Å². The third kappa shape index (κ3) is 2.21. The Hall–Kier alpha value is -1.71. The number of fused-ring (bicyclic) bond motifs is 1. The molecule has 2 rings (SSSR count). The first-order chi connectivity index (χ1) is 7.18. The fraction of sp³-hybridized carbons (Fsp3) is 0.364. The molecule has 0 aliphatic rings. The van der Waals surface area contributed by atoms with Gasteiger partial charge in [-0.15, -0.1) is 0 Å². The zero-order valence-electron chi connectivity index (χ0n) is 9.46. The number of nitrogens with zero attached hydrogens (tertiary/aromatic N) is 2. The molecule has 2 aromatic heterocycles. The predicted molar refractivity (Wildman–Crippen MR) is 61.0 cm³/mol. The molecule has 80 valence electrons. The third-order valence-electron chi connectivity index (χ3n) is 1.97. The number of pyridine rings is 1. The van der Waals surface area contributed by atoms with E-state index in [1.165, 1.54) is 0 Å². The number of aryl methyl sites for hydroxylation is 2. The summed E-state index contributed by atoms with van der Waals surface area (Å²) in [4.78, 5) is 22.1. The maximum absolute atomic E-state index is 11.2. The molecule has 4 heteroatoms. The lowest BCUT2D eigenvalue weighted by Gasteiger charge is -1.99. The number of aromatic nitrogens is 3. The number of hydrogen-bond donors (Lipinski definition) is 1. The monoisotopic (exact) mass is 205 g/mol. The number of H-pyrrole nitrogens is 1. The molecule has 1 N–H and O–H groups in total. The second-order valence-electron chi connectivity index (χ2n) is 2.98. The van der Waals surface area contributed by atoms with Crippen LogP contribution in [0.1, 0.15) is 25.1 Å². The molecule has 4 nitrogen and oxygen atoms in total. The van der Waals surface area contributed by atoms with Gasteiger partial charge in [0.25, 0.3) is 5.56 Å². The minimum absolute atomic E-state index is 0.175. The first kappa shape index (κ1) is 11.4. The van der Waals surface area contributed by atoms with Crippen LogP contribution in [0.2, 0.25) is 0 Å². The summed E-state index contributed by atoms with van der Waals surface area (Å²) >= 11 is 0. The van der Waals surface area contributed by atoms with Gasteiger partial charge in [0.15, 0.2) is 5.65 Å². The molecule has 0 bridgehead atoms. The SMILES string of the molecule is CC.Cc1nc2c(C)ccnc2[nH]c1=O. The average molecular weight is 205 g/mol. The lowest BCUT2D eigenvalue weighted by atomic mass is 10.2. The molecule has 0 atom stereocenters. The molecule has 0 radical (unpaired) electrons. The summed E-state index contributed by atoms with van der Waals surface area (Å²) in [6.07, 6.45) is 1.66. The molecule has 0 aliphatic heterocycles. The van der Waals surface area contributed by atoms with Crippen LogP contribution < -0.4 is 5.56 Å². The molecule has 2 aromatic rings. The Morgan fingerprint density at radius 2 is 1.93 bits per heavy atom. The Kier molecular flexibility index (Phi) is 3.55. The quantitative estimate of drug-likeness (QED) is 0.715. The van der Waals surface area contributed by atoms with Gasteiger partial charge in [-0.2, -0.15) is 0 Å². The summed E-state index contributed by atoms with van der Waals surface area (Å²) in [5.74, 6) is 0. The van der Waals surface area contributed by atoms with E-state index in [-0.39, 0.29) is 5.56 Å². The summed E-state index contributed by atoms with van der Waals surface area (Å²) in [6, 6.07) is 1.87. The molecule has 0 saturated carbocycles. The van der Waals surface area contributed by atoms with Gasteiger partial charge in [0, 0.05) is 6.20 Å². The lowest BCUT2D eigenvalue weighted by molar-refractivity contribution is 1.09. The summed E-state index contributed by atoms with van der Waals surface area (Å²) in [7, 11) is 0. The van der Waals surface area contributed by atoms with E-state index in [9.17, 15) is 4.79 Å². The minimum Gasteiger partial charge on any atom is -0.304 e. The van der Waals surface area contributed by atoms with Crippen LogP contribution in [-0.4, -0.2) is 15.0 Å².